The first kappa shape index (κ1) is 20.4. The van der Waals surface area contributed by atoms with E-state index in [1.807, 2.05) is 17.0 Å². The average molecular weight is 434 g/mol. The first-order valence-electron chi connectivity index (χ1n) is 11.0. The van der Waals surface area contributed by atoms with Gasteiger partial charge in [0, 0.05) is 56.1 Å². The normalized spacial score (nSPS) is 16.2. The van der Waals surface area contributed by atoms with Crippen molar-refractivity contribution in [3.8, 4) is 0 Å². The molecule has 1 N–H and O–H groups in total. The van der Waals surface area contributed by atoms with Gasteiger partial charge in [0.25, 0.3) is 11.8 Å². The van der Waals surface area contributed by atoms with Crippen LogP contribution in [0.4, 0.5) is 5.69 Å². The maximum Gasteiger partial charge on any atom is 0.274 e. The van der Waals surface area contributed by atoms with Gasteiger partial charge in [-0.1, -0.05) is 18.2 Å². The molecular formula is C24H27N5O3. The van der Waals surface area contributed by atoms with Crippen molar-refractivity contribution >= 4 is 17.5 Å². The molecule has 1 fully saturated rings. The number of aryl methyl sites for hydroxylation is 2. The van der Waals surface area contributed by atoms with Gasteiger partial charge in [0.1, 0.15) is 5.76 Å². The molecule has 0 aliphatic carbocycles. The Balaban J connectivity index is 1.29. The van der Waals surface area contributed by atoms with Gasteiger partial charge < -0.3 is 19.1 Å². The zero-order chi connectivity index (χ0) is 22.2. The molecular weight excluding hydrogens is 406 g/mol. The molecule has 0 atom stereocenters. The fourth-order valence-corrected chi connectivity index (χ4v) is 4.64. The monoisotopic (exact) mass is 433 g/mol. The minimum absolute atomic E-state index is 0.0688. The lowest BCUT2D eigenvalue weighted by Crippen LogP contribution is -2.49. The molecule has 4 heterocycles. The van der Waals surface area contributed by atoms with E-state index in [9.17, 15) is 9.59 Å². The highest BCUT2D eigenvalue weighted by Crippen LogP contribution is 2.25. The number of amides is 2. The number of carbonyl (C=O) groups is 2. The number of furan rings is 1. The second-order valence-electron chi connectivity index (χ2n) is 8.46. The van der Waals surface area contributed by atoms with Gasteiger partial charge in [-0.3, -0.25) is 14.7 Å². The zero-order valence-corrected chi connectivity index (χ0v) is 18.4. The van der Waals surface area contributed by atoms with Crippen LogP contribution in [0.15, 0.2) is 41.0 Å². The van der Waals surface area contributed by atoms with Crippen LogP contribution in [0.1, 0.15) is 43.4 Å². The van der Waals surface area contributed by atoms with Crippen LogP contribution in [-0.4, -0.2) is 64.5 Å². The molecule has 2 aromatic heterocycles. The van der Waals surface area contributed by atoms with Crippen LogP contribution in [0.2, 0.25) is 0 Å². The molecule has 0 unspecified atom stereocenters. The molecule has 2 aliphatic heterocycles. The zero-order valence-electron chi connectivity index (χ0n) is 18.4. The van der Waals surface area contributed by atoms with Crippen molar-refractivity contribution in [2.75, 3.05) is 37.6 Å². The van der Waals surface area contributed by atoms with E-state index < -0.39 is 0 Å². The summed E-state index contributed by atoms with van der Waals surface area (Å²) in [4.78, 5) is 32.2. The smallest absolute Gasteiger partial charge is 0.274 e. The third-order valence-corrected chi connectivity index (χ3v) is 6.54. The van der Waals surface area contributed by atoms with E-state index in [4.69, 9.17) is 4.42 Å². The number of aromatic amines is 1. The van der Waals surface area contributed by atoms with Crippen molar-refractivity contribution in [2.45, 2.75) is 26.8 Å². The standard InChI is InChI=1S/C24H27N5O3/c1-16-5-3-4-6-21(16)27-10-12-28(13-11-27)24(31)22-19-15-29(9-7-20(19)25-26-22)23(30)18-8-14-32-17(18)2/h3-6,8,14H,7,9-13,15H2,1-2H3,(H,25,26). The quantitative estimate of drug-likeness (QED) is 0.687. The molecule has 32 heavy (non-hydrogen) atoms. The SMILES string of the molecule is Cc1ccccc1N1CCN(C(=O)c2n[nH]c3c2CN(C(=O)c2ccoc2C)CC3)CC1. The summed E-state index contributed by atoms with van der Waals surface area (Å²) in [6.45, 7) is 7.71. The summed E-state index contributed by atoms with van der Waals surface area (Å²) >= 11 is 0. The number of piperazine rings is 1. The molecule has 1 aromatic carbocycles. The van der Waals surface area contributed by atoms with Gasteiger partial charge in [-0.2, -0.15) is 5.10 Å². The highest BCUT2D eigenvalue weighted by atomic mass is 16.3. The van der Waals surface area contributed by atoms with E-state index in [-0.39, 0.29) is 11.8 Å². The van der Waals surface area contributed by atoms with Gasteiger partial charge in [-0.05, 0) is 31.5 Å². The van der Waals surface area contributed by atoms with Gasteiger partial charge in [0.2, 0.25) is 0 Å². The number of hydrogen-bond acceptors (Lipinski definition) is 5. The lowest BCUT2D eigenvalue weighted by molar-refractivity contribution is 0.0708. The Morgan fingerprint density at radius 1 is 0.969 bits per heavy atom. The minimum Gasteiger partial charge on any atom is -0.469 e. The van der Waals surface area contributed by atoms with Crippen LogP contribution in [0.25, 0.3) is 0 Å². The summed E-state index contributed by atoms with van der Waals surface area (Å²) in [7, 11) is 0. The predicted octanol–water partition coefficient (Wildman–Crippen LogP) is 2.78. The maximum atomic E-state index is 13.3. The van der Waals surface area contributed by atoms with E-state index in [1.54, 1.807) is 17.9 Å². The number of anilines is 1. The molecule has 0 radical (unpaired) electrons. The molecule has 0 bridgehead atoms. The second kappa shape index (κ2) is 8.18. The Hall–Kier alpha value is -3.55. The molecule has 2 aliphatic rings. The Bertz CT molecular complexity index is 1160. The van der Waals surface area contributed by atoms with E-state index in [2.05, 4.69) is 34.2 Å². The summed E-state index contributed by atoms with van der Waals surface area (Å²) in [5.74, 6) is 0.463. The molecule has 2 amide bonds. The number of rotatable bonds is 3. The van der Waals surface area contributed by atoms with Gasteiger partial charge in [0.05, 0.1) is 18.4 Å². The van der Waals surface area contributed by atoms with Gasteiger partial charge in [-0.15, -0.1) is 0 Å². The number of benzene rings is 1. The molecule has 8 nitrogen and oxygen atoms in total. The molecule has 8 heteroatoms. The van der Waals surface area contributed by atoms with Crippen molar-refractivity contribution < 1.29 is 14.0 Å². The third kappa shape index (κ3) is 3.55. The van der Waals surface area contributed by atoms with E-state index in [0.29, 0.717) is 49.6 Å². The fraction of sp³-hybridized carbons (Fsp3) is 0.375. The number of fused-ring (bicyclic) bond motifs is 1. The van der Waals surface area contributed by atoms with Crippen LogP contribution in [0.3, 0.4) is 0 Å². The summed E-state index contributed by atoms with van der Waals surface area (Å²) < 4.78 is 5.29. The summed E-state index contributed by atoms with van der Waals surface area (Å²) in [6, 6.07) is 10.0. The molecule has 5 rings (SSSR count). The highest BCUT2D eigenvalue weighted by Gasteiger charge is 2.32. The van der Waals surface area contributed by atoms with Gasteiger partial charge in [-0.25, -0.2) is 0 Å². The Labute approximate surface area is 186 Å². The number of carbonyl (C=O) groups excluding carboxylic acids is 2. The van der Waals surface area contributed by atoms with Crippen molar-refractivity contribution in [1.82, 2.24) is 20.0 Å². The topological polar surface area (TPSA) is 85.7 Å². The molecule has 1 saturated heterocycles. The largest absolute Gasteiger partial charge is 0.469 e. The number of aromatic nitrogens is 2. The second-order valence-corrected chi connectivity index (χ2v) is 8.46. The molecule has 166 valence electrons. The highest BCUT2D eigenvalue weighted by molar-refractivity contribution is 5.96. The maximum absolute atomic E-state index is 13.3. The van der Waals surface area contributed by atoms with Gasteiger partial charge in [0.15, 0.2) is 5.69 Å². The third-order valence-electron chi connectivity index (χ3n) is 6.54. The molecule has 0 saturated carbocycles. The lowest BCUT2D eigenvalue weighted by Gasteiger charge is -2.36. The van der Waals surface area contributed by atoms with Crippen molar-refractivity contribution in [1.29, 1.82) is 0 Å². The van der Waals surface area contributed by atoms with Crippen LogP contribution in [0, 0.1) is 13.8 Å². The molecule has 3 aromatic rings. The number of nitrogens with zero attached hydrogens (tertiary/aromatic N) is 4. The van der Waals surface area contributed by atoms with Gasteiger partial charge >= 0.3 is 0 Å². The van der Waals surface area contributed by atoms with Crippen LogP contribution in [0.5, 0.6) is 0 Å². The number of para-hydroxylation sites is 1. The first-order chi connectivity index (χ1) is 15.5. The number of hydrogen-bond donors (Lipinski definition) is 1. The van der Waals surface area contributed by atoms with Crippen molar-refractivity contribution in [3.05, 3.63) is 70.4 Å². The molecule has 0 spiro atoms. The van der Waals surface area contributed by atoms with Crippen LogP contribution >= 0.6 is 0 Å². The summed E-state index contributed by atoms with van der Waals surface area (Å²) in [5.41, 5.74) is 5.24. The first-order valence-corrected chi connectivity index (χ1v) is 11.0. The summed E-state index contributed by atoms with van der Waals surface area (Å²) in [5, 5.41) is 7.38. The number of H-pyrrole nitrogens is 1. The average Bonchev–Trinajstić information content (AvgIpc) is 3.44. The van der Waals surface area contributed by atoms with E-state index >= 15 is 0 Å². The van der Waals surface area contributed by atoms with Crippen molar-refractivity contribution in [3.63, 3.8) is 0 Å². The summed E-state index contributed by atoms with van der Waals surface area (Å²) in [6.07, 6.45) is 2.18. The number of nitrogens with one attached hydrogen (secondary N) is 1. The predicted molar refractivity (Wildman–Crippen MR) is 120 cm³/mol. The fourth-order valence-electron chi connectivity index (χ4n) is 4.64. The minimum atomic E-state index is -0.0756. The lowest BCUT2D eigenvalue weighted by atomic mass is 10.0. The van der Waals surface area contributed by atoms with E-state index in [0.717, 1.165) is 24.3 Å². The Morgan fingerprint density at radius 2 is 1.75 bits per heavy atom. The van der Waals surface area contributed by atoms with E-state index in [1.165, 1.54) is 17.5 Å². The van der Waals surface area contributed by atoms with Crippen molar-refractivity contribution in [2.24, 2.45) is 0 Å². The Kier molecular flexibility index (Phi) is 5.20. The van der Waals surface area contributed by atoms with Crippen LogP contribution in [-0.2, 0) is 13.0 Å². The van der Waals surface area contributed by atoms with Crippen LogP contribution < -0.4 is 4.90 Å². The Morgan fingerprint density at radius 3 is 2.47 bits per heavy atom.